The van der Waals surface area contributed by atoms with E-state index in [1.54, 1.807) is 18.2 Å². The molecule has 0 bridgehead atoms. The molecule has 0 saturated heterocycles. The minimum Gasteiger partial charge on any atom is -0.338 e. The average Bonchev–Trinajstić information content (AvgIpc) is 2.72. The lowest BCUT2D eigenvalue weighted by atomic mass is 10.2. The van der Waals surface area contributed by atoms with Gasteiger partial charge in [0.15, 0.2) is 11.6 Å². The lowest BCUT2D eigenvalue weighted by Crippen LogP contribution is -1.83. The second kappa shape index (κ2) is 4.47. The molecule has 1 aromatic heterocycles. The third-order valence-electron chi connectivity index (χ3n) is 2.72. The van der Waals surface area contributed by atoms with Gasteiger partial charge in [0, 0.05) is 12.1 Å². The minimum absolute atomic E-state index is 0.310. The summed E-state index contributed by atoms with van der Waals surface area (Å²) in [7, 11) is 0. The van der Waals surface area contributed by atoms with Crippen LogP contribution in [-0.4, -0.2) is 9.97 Å². The number of nitrogens with one attached hydrogen (secondary N) is 1. The molecule has 96 valence electrons. The molecule has 1 N–H and O–H groups in total. The van der Waals surface area contributed by atoms with E-state index in [1.807, 2.05) is 0 Å². The molecule has 3 aromatic rings. The molecule has 0 aliphatic carbocycles. The maximum atomic E-state index is 13.1. The van der Waals surface area contributed by atoms with Crippen LogP contribution in [0, 0.1) is 11.6 Å². The van der Waals surface area contributed by atoms with Crippen molar-refractivity contribution >= 4 is 34.2 Å². The number of rotatable bonds is 1. The van der Waals surface area contributed by atoms with Gasteiger partial charge in [0.25, 0.3) is 0 Å². The summed E-state index contributed by atoms with van der Waals surface area (Å²) in [4.78, 5) is 7.05. The average molecular weight is 299 g/mol. The molecule has 0 amide bonds. The number of hydrogen-bond acceptors (Lipinski definition) is 1. The van der Waals surface area contributed by atoms with Crippen molar-refractivity contribution in [2.24, 2.45) is 0 Å². The SMILES string of the molecule is Fc1cc2nc(-c3c(Cl)cccc3Cl)[nH]c2cc1F. The zero-order valence-corrected chi connectivity index (χ0v) is 10.9. The molecule has 19 heavy (non-hydrogen) atoms. The highest BCUT2D eigenvalue weighted by atomic mass is 35.5. The van der Waals surface area contributed by atoms with E-state index in [9.17, 15) is 8.78 Å². The number of aromatic nitrogens is 2. The number of fused-ring (bicyclic) bond motifs is 1. The Labute approximate surface area is 117 Å². The molecular formula is C13H6Cl2F2N2. The van der Waals surface area contributed by atoms with Gasteiger partial charge in [-0.15, -0.1) is 0 Å². The van der Waals surface area contributed by atoms with Crippen molar-refractivity contribution in [1.82, 2.24) is 9.97 Å². The summed E-state index contributed by atoms with van der Waals surface area (Å²) in [6.45, 7) is 0. The number of halogens is 4. The highest BCUT2D eigenvalue weighted by Crippen LogP contribution is 2.33. The molecule has 0 saturated carbocycles. The molecule has 2 aromatic carbocycles. The van der Waals surface area contributed by atoms with E-state index in [1.165, 1.54) is 0 Å². The van der Waals surface area contributed by atoms with Crippen LogP contribution in [0.5, 0.6) is 0 Å². The van der Waals surface area contributed by atoms with Crippen LogP contribution in [0.2, 0.25) is 10.0 Å². The standard InChI is InChI=1S/C13H6Cl2F2N2/c14-6-2-1-3-7(15)12(6)13-18-10-4-8(16)9(17)5-11(10)19-13/h1-5H,(H,18,19). The third-order valence-corrected chi connectivity index (χ3v) is 3.35. The fraction of sp³-hybridized carbons (Fsp3) is 0. The Kier molecular flexibility index (Phi) is 2.92. The van der Waals surface area contributed by atoms with E-state index >= 15 is 0 Å². The first-order valence-corrected chi connectivity index (χ1v) is 6.11. The van der Waals surface area contributed by atoms with Crippen molar-refractivity contribution in [2.45, 2.75) is 0 Å². The largest absolute Gasteiger partial charge is 0.338 e. The predicted molar refractivity (Wildman–Crippen MR) is 71.5 cm³/mol. The van der Waals surface area contributed by atoms with E-state index < -0.39 is 11.6 Å². The maximum Gasteiger partial charge on any atom is 0.161 e. The zero-order chi connectivity index (χ0) is 13.6. The van der Waals surface area contributed by atoms with Crippen molar-refractivity contribution in [2.75, 3.05) is 0 Å². The van der Waals surface area contributed by atoms with Gasteiger partial charge >= 0.3 is 0 Å². The van der Waals surface area contributed by atoms with Gasteiger partial charge in [-0.1, -0.05) is 29.3 Å². The molecule has 0 aliphatic heterocycles. The number of nitrogens with zero attached hydrogens (tertiary/aromatic N) is 1. The van der Waals surface area contributed by atoms with Crippen LogP contribution in [0.3, 0.4) is 0 Å². The molecule has 0 spiro atoms. The van der Waals surface area contributed by atoms with Gasteiger partial charge < -0.3 is 4.98 Å². The van der Waals surface area contributed by atoms with Crippen LogP contribution in [0.1, 0.15) is 0 Å². The summed E-state index contributed by atoms with van der Waals surface area (Å²) in [5, 5.41) is 0.819. The van der Waals surface area contributed by atoms with Crippen LogP contribution in [-0.2, 0) is 0 Å². The fourth-order valence-corrected chi connectivity index (χ4v) is 2.42. The molecule has 2 nitrogen and oxygen atoms in total. The van der Waals surface area contributed by atoms with Crippen molar-refractivity contribution in [3.8, 4) is 11.4 Å². The highest BCUT2D eigenvalue weighted by Gasteiger charge is 2.14. The monoisotopic (exact) mass is 298 g/mol. The normalized spacial score (nSPS) is 11.2. The van der Waals surface area contributed by atoms with Gasteiger partial charge in [-0.3, -0.25) is 0 Å². The Hall–Kier alpha value is -1.65. The van der Waals surface area contributed by atoms with Gasteiger partial charge in [0.1, 0.15) is 5.82 Å². The Morgan fingerprint density at radius 3 is 2.32 bits per heavy atom. The molecule has 1 heterocycles. The zero-order valence-electron chi connectivity index (χ0n) is 9.35. The van der Waals surface area contributed by atoms with Gasteiger partial charge in [0.2, 0.25) is 0 Å². The van der Waals surface area contributed by atoms with E-state index in [2.05, 4.69) is 9.97 Å². The van der Waals surface area contributed by atoms with Gasteiger partial charge in [0.05, 0.1) is 26.6 Å². The first-order valence-electron chi connectivity index (χ1n) is 5.35. The van der Waals surface area contributed by atoms with Crippen LogP contribution in [0.4, 0.5) is 8.78 Å². The Morgan fingerprint density at radius 1 is 1.00 bits per heavy atom. The van der Waals surface area contributed by atoms with Crippen LogP contribution in [0.25, 0.3) is 22.4 Å². The molecule has 0 aliphatic rings. The van der Waals surface area contributed by atoms with Crippen molar-refractivity contribution in [1.29, 1.82) is 0 Å². The molecule has 0 atom stereocenters. The van der Waals surface area contributed by atoms with E-state index in [0.717, 1.165) is 12.1 Å². The quantitative estimate of drug-likeness (QED) is 0.686. The lowest BCUT2D eigenvalue weighted by molar-refractivity contribution is 0.510. The summed E-state index contributed by atoms with van der Waals surface area (Å²) in [6, 6.07) is 7.10. The topological polar surface area (TPSA) is 28.7 Å². The summed E-state index contributed by atoms with van der Waals surface area (Å²) >= 11 is 12.1. The number of H-pyrrole nitrogens is 1. The predicted octanol–water partition coefficient (Wildman–Crippen LogP) is 4.81. The van der Waals surface area contributed by atoms with E-state index in [4.69, 9.17) is 23.2 Å². The van der Waals surface area contributed by atoms with Gasteiger partial charge in [-0.2, -0.15) is 0 Å². The van der Waals surface area contributed by atoms with Crippen LogP contribution in [0.15, 0.2) is 30.3 Å². The molecular weight excluding hydrogens is 293 g/mol. The van der Waals surface area contributed by atoms with E-state index in [0.29, 0.717) is 32.5 Å². The Bertz CT molecular complexity index is 724. The van der Waals surface area contributed by atoms with Crippen LogP contribution < -0.4 is 0 Å². The Balaban J connectivity index is 2.26. The molecule has 0 unspecified atom stereocenters. The fourth-order valence-electron chi connectivity index (χ4n) is 1.85. The van der Waals surface area contributed by atoms with Crippen molar-refractivity contribution in [3.05, 3.63) is 52.0 Å². The minimum atomic E-state index is -0.948. The van der Waals surface area contributed by atoms with E-state index in [-0.39, 0.29) is 0 Å². The second-order valence-electron chi connectivity index (χ2n) is 3.97. The summed E-state index contributed by atoms with van der Waals surface area (Å²) in [6.07, 6.45) is 0. The van der Waals surface area contributed by atoms with Crippen molar-refractivity contribution in [3.63, 3.8) is 0 Å². The highest BCUT2D eigenvalue weighted by molar-refractivity contribution is 6.39. The second-order valence-corrected chi connectivity index (χ2v) is 4.78. The smallest absolute Gasteiger partial charge is 0.161 e. The number of hydrogen-bond donors (Lipinski definition) is 1. The summed E-state index contributed by atoms with van der Waals surface area (Å²) in [5.41, 5.74) is 1.19. The number of benzene rings is 2. The Morgan fingerprint density at radius 2 is 1.63 bits per heavy atom. The first kappa shape index (κ1) is 12.4. The molecule has 0 radical (unpaired) electrons. The van der Waals surface area contributed by atoms with Gasteiger partial charge in [-0.05, 0) is 12.1 Å². The van der Waals surface area contributed by atoms with Crippen LogP contribution >= 0.6 is 23.2 Å². The molecule has 3 rings (SSSR count). The maximum absolute atomic E-state index is 13.1. The number of imidazole rings is 1. The van der Waals surface area contributed by atoms with Gasteiger partial charge in [-0.25, -0.2) is 13.8 Å². The molecule has 6 heteroatoms. The van der Waals surface area contributed by atoms with Crippen molar-refractivity contribution < 1.29 is 8.78 Å². The number of aromatic amines is 1. The lowest BCUT2D eigenvalue weighted by Gasteiger charge is -2.02. The summed E-state index contributed by atoms with van der Waals surface area (Å²) < 4.78 is 26.3. The summed E-state index contributed by atoms with van der Waals surface area (Å²) in [5.74, 6) is -1.51. The molecule has 0 fully saturated rings. The third kappa shape index (κ3) is 2.07. The first-order chi connectivity index (χ1) is 9.06.